The topological polar surface area (TPSA) is 97.2 Å². The minimum Gasteiger partial charge on any atom is -0.546 e. The van der Waals surface area contributed by atoms with E-state index >= 15 is 0 Å². The lowest BCUT2D eigenvalue weighted by molar-refractivity contribution is -0.307. The number of nitrogens with zero attached hydrogens (tertiary/aromatic N) is 1. The third-order valence-electron chi connectivity index (χ3n) is 3.19. The number of carbonyl (C=O) groups excluding carboxylic acids is 2. The van der Waals surface area contributed by atoms with Gasteiger partial charge < -0.3 is 24.1 Å². The highest BCUT2D eigenvalue weighted by Crippen LogP contribution is 2.30. The fraction of sp³-hybridized carbons (Fsp3) is 0.118. The summed E-state index contributed by atoms with van der Waals surface area (Å²) >= 11 is 1.42. The van der Waals surface area contributed by atoms with E-state index < -0.39 is 18.5 Å². The van der Waals surface area contributed by atoms with E-state index in [0.717, 1.165) is 4.88 Å². The molecule has 2 heterocycles. The van der Waals surface area contributed by atoms with Crippen molar-refractivity contribution in [2.45, 2.75) is 0 Å². The van der Waals surface area contributed by atoms with Crippen molar-refractivity contribution < 1.29 is 28.9 Å². The number of carboxylic acids is 1. The van der Waals surface area contributed by atoms with Crippen molar-refractivity contribution in [2.75, 3.05) is 13.7 Å². The predicted octanol–water partition coefficient (Wildman–Crippen LogP) is 1.23. The third kappa shape index (κ3) is 3.86. The second-order valence-electron chi connectivity index (χ2n) is 4.88. The maximum Gasteiger partial charge on any atom is 0.363 e. The molecule has 0 amide bonds. The van der Waals surface area contributed by atoms with Crippen molar-refractivity contribution >= 4 is 35.2 Å². The smallest absolute Gasteiger partial charge is 0.363 e. The Morgan fingerprint density at radius 3 is 2.88 bits per heavy atom. The SMILES string of the molecule is COc1cc(/C=C2\N=C(c3cccs3)OC2=O)ccc1OCC(=O)[O-]. The van der Waals surface area contributed by atoms with Crippen molar-refractivity contribution in [3.8, 4) is 11.5 Å². The van der Waals surface area contributed by atoms with Gasteiger partial charge >= 0.3 is 5.97 Å². The molecule has 1 aromatic carbocycles. The van der Waals surface area contributed by atoms with Crippen LogP contribution in [0, 0.1) is 0 Å². The first-order chi connectivity index (χ1) is 12.1. The van der Waals surface area contributed by atoms with Gasteiger partial charge in [0, 0.05) is 0 Å². The van der Waals surface area contributed by atoms with E-state index in [1.165, 1.54) is 18.4 Å². The number of carboxylic acid groups (broad SMARTS) is 1. The molecule has 0 spiro atoms. The monoisotopic (exact) mass is 358 g/mol. The first kappa shape index (κ1) is 16.7. The number of esters is 1. The molecule has 0 atom stereocenters. The number of ether oxygens (including phenoxy) is 3. The van der Waals surface area contributed by atoms with E-state index in [9.17, 15) is 14.7 Å². The molecule has 0 saturated heterocycles. The highest BCUT2D eigenvalue weighted by Gasteiger charge is 2.24. The summed E-state index contributed by atoms with van der Waals surface area (Å²) in [6.07, 6.45) is 1.55. The van der Waals surface area contributed by atoms with Crippen LogP contribution in [0.5, 0.6) is 11.5 Å². The standard InChI is InChI=1S/C17H13NO6S/c1-22-13-8-10(4-5-12(13)23-9-15(19)20)7-11-17(21)24-16(18-11)14-3-2-6-25-14/h2-8H,9H2,1H3,(H,19,20)/p-1/b11-7-. The number of cyclic esters (lactones) is 1. The van der Waals surface area contributed by atoms with Crippen LogP contribution in [0.4, 0.5) is 0 Å². The number of rotatable bonds is 6. The van der Waals surface area contributed by atoms with Crippen LogP contribution < -0.4 is 14.6 Å². The largest absolute Gasteiger partial charge is 0.546 e. The quantitative estimate of drug-likeness (QED) is 0.569. The molecule has 0 fully saturated rings. The molecular weight excluding hydrogens is 346 g/mol. The Balaban J connectivity index is 1.85. The summed E-state index contributed by atoms with van der Waals surface area (Å²) in [6.45, 7) is -0.586. The second-order valence-corrected chi connectivity index (χ2v) is 5.83. The Hall–Kier alpha value is -3.13. The molecule has 0 unspecified atom stereocenters. The number of hydrogen-bond acceptors (Lipinski definition) is 8. The number of aliphatic imine (C=N–C) groups is 1. The lowest BCUT2D eigenvalue weighted by Crippen LogP contribution is -2.29. The van der Waals surface area contributed by atoms with Gasteiger partial charge in [0.25, 0.3) is 0 Å². The molecule has 2 aromatic rings. The first-order valence-electron chi connectivity index (χ1n) is 7.14. The van der Waals surface area contributed by atoms with E-state index in [4.69, 9.17) is 14.2 Å². The van der Waals surface area contributed by atoms with E-state index in [2.05, 4.69) is 4.99 Å². The zero-order valence-corrected chi connectivity index (χ0v) is 13.9. The van der Waals surface area contributed by atoms with Crippen molar-refractivity contribution in [3.05, 3.63) is 51.8 Å². The van der Waals surface area contributed by atoms with E-state index in [0.29, 0.717) is 11.3 Å². The van der Waals surface area contributed by atoms with Gasteiger partial charge in [-0.3, -0.25) is 0 Å². The van der Waals surface area contributed by atoms with Crippen LogP contribution in [0.2, 0.25) is 0 Å². The van der Waals surface area contributed by atoms with Gasteiger partial charge in [0.05, 0.1) is 18.0 Å². The van der Waals surface area contributed by atoms with Gasteiger partial charge in [0.15, 0.2) is 17.2 Å². The average Bonchev–Trinajstić information content (AvgIpc) is 3.24. The van der Waals surface area contributed by atoms with Gasteiger partial charge in [0.1, 0.15) is 6.61 Å². The lowest BCUT2D eigenvalue weighted by Gasteiger charge is -2.11. The van der Waals surface area contributed by atoms with Crippen LogP contribution in [0.3, 0.4) is 0 Å². The van der Waals surface area contributed by atoms with Crippen molar-refractivity contribution in [1.29, 1.82) is 0 Å². The molecule has 0 bridgehead atoms. The molecule has 128 valence electrons. The Morgan fingerprint density at radius 2 is 2.20 bits per heavy atom. The summed E-state index contributed by atoms with van der Waals surface area (Å²) in [5, 5.41) is 12.3. The van der Waals surface area contributed by atoms with Crippen LogP contribution in [0.25, 0.3) is 6.08 Å². The summed E-state index contributed by atoms with van der Waals surface area (Å²) in [5.41, 5.74) is 0.787. The molecular formula is C17H12NO6S-. The summed E-state index contributed by atoms with van der Waals surface area (Å²) in [7, 11) is 1.43. The third-order valence-corrected chi connectivity index (χ3v) is 4.05. The first-order valence-corrected chi connectivity index (χ1v) is 8.02. The minimum absolute atomic E-state index is 0.161. The normalized spacial score (nSPS) is 15.0. The highest BCUT2D eigenvalue weighted by atomic mass is 32.1. The molecule has 7 nitrogen and oxygen atoms in total. The summed E-state index contributed by atoms with van der Waals surface area (Å²) in [4.78, 5) is 27.4. The fourth-order valence-electron chi connectivity index (χ4n) is 2.10. The molecule has 0 saturated carbocycles. The van der Waals surface area contributed by atoms with E-state index in [1.54, 1.807) is 24.3 Å². The van der Waals surface area contributed by atoms with Crippen LogP contribution in [0.15, 0.2) is 46.4 Å². The van der Waals surface area contributed by atoms with Crippen LogP contribution >= 0.6 is 11.3 Å². The number of benzene rings is 1. The van der Waals surface area contributed by atoms with Gasteiger partial charge in [0.2, 0.25) is 5.90 Å². The predicted molar refractivity (Wildman–Crippen MR) is 88.4 cm³/mol. The van der Waals surface area contributed by atoms with E-state index in [1.807, 2.05) is 17.5 Å². The van der Waals surface area contributed by atoms with Crippen LogP contribution in [-0.2, 0) is 14.3 Å². The van der Waals surface area contributed by atoms with Crippen molar-refractivity contribution in [3.63, 3.8) is 0 Å². The zero-order valence-electron chi connectivity index (χ0n) is 13.1. The molecule has 1 aliphatic heterocycles. The van der Waals surface area contributed by atoms with Gasteiger partial charge in [-0.05, 0) is 35.2 Å². The molecule has 0 N–H and O–H groups in total. The fourth-order valence-corrected chi connectivity index (χ4v) is 2.75. The molecule has 0 aliphatic carbocycles. The number of hydrogen-bond donors (Lipinski definition) is 0. The number of aliphatic carboxylic acids is 1. The Kier molecular flexibility index (Phi) is 4.80. The van der Waals surface area contributed by atoms with Gasteiger partial charge in [-0.15, -0.1) is 11.3 Å². The number of methoxy groups -OCH3 is 1. The zero-order chi connectivity index (χ0) is 17.8. The van der Waals surface area contributed by atoms with E-state index in [-0.39, 0.29) is 17.3 Å². The minimum atomic E-state index is -1.34. The second kappa shape index (κ2) is 7.18. The Morgan fingerprint density at radius 1 is 1.36 bits per heavy atom. The average molecular weight is 358 g/mol. The molecule has 1 aliphatic rings. The molecule has 25 heavy (non-hydrogen) atoms. The summed E-state index contributed by atoms with van der Waals surface area (Å²) in [6, 6.07) is 8.44. The van der Waals surface area contributed by atoms with Gasteiger partial charge in [-0.2, -0.15) is 0 Å². The Bertz CT molecular complexity index is 869. The molecule has 3 rings (SSSR count). The van der Waals surface area contributed by atoms with Gasteiger partial charge in [-0.1, -0.05) is 12.1 Å². The number of carbonyl (C=O) groups is 2. The Labute approximate surface area is 146 Å². The summed E-state index contributed by atoms with van der Waals surface area (Å²) < 4.78 is 15.4. The molecule has 8 heteroatoms. The van der Waals surface area contributed by atoms with Gasteiger partial charge in [-0.25, -0.2) is 9.79 Å². The highest BCUT2D eigenvalue weighted by molar-refractivity contribution is 7.12. The summed E-state index contributed by atoms with van der Waals surface area (Å²) in [5.74, 6) is -1.03. The molecule has 0 radical (unpaired) electrons. The lowest BCUT2D eigenvalue weighted by atomic mass is 10.1. The van der Waals surface area contributed by atoms with Crippen LogP contribution in [0.1, 0.15) is 10.4 Å². The maximum absolute atomic E-state index is 12.0. The molecule has 1 aromatic heterocycles. The van der Waals surface area contributed by atoms with Crippen LogP contribution in [-0.4, -0.2) is 31.6 Å². The maximum atomic E-state index is 12.0. The van der Waals surface area contributed by atoms with Crippen molar-refractivity contribution in [1.82, 2.24) is 0 Å². The number of thiophene rings is 1. The van der Waals surface area contributed by atoms with Crippen molar-refractivity contribution in [2.24, 2.45) is 4.99 Å².